The van der Waals surface area contributed by atoms with Gasteiger partial charge in [-0.2, -0.15) is 4.98 Å². The van der Waals surface area contributed by atoms with Crippen LogP contribution in [0.4, 0.5) is 5.95 Å². The van der Waals surface area contributed by atoms with E-state index >= 15 is 0 Å². The van der Waals surface area contributed by atoms with E-state index in [1.165, 1.54) is 4.57 Å². The standard InChI is InChI=1S/C20H21Cl2N5O4/c1-25-15-16(24-19(25)23-12-5-4-11(8-12)18(29)30)26(2)20(31)27(17(15)28)9-10-3-6-13(21)14(22)7-10/h3,6-7,11-12H,4-5,8-9H2,1-2H3,(H,23,24)(H,29,30)/t11-,12-/m0/s1. The normalized spacial score (nSPS) is 18.6. The Kier molecular flexibility index (Phi) is 5.57. The number of nitrogens with one attached hydrogen (secondary N) is 1. The number of carboxylic acid groups (broad SMARTS) is 1. The van der Waals surface area contributed by atoms with Crippen LogP contribution in [0.1, 0.15) is 24.8 Å². The first-order chi connectivity index (χ1) is 14.7. The van der Waals surface area contributed by atoms with Crippen molar-refractivity contribution in [1.82, 2.24) is 18.7 Å². The Morgan fingerprint density at radius 1 is 1.19 bits per heavy atom. The van der Waals surface area contributed by atoms with E-state index in [1.54, 1.807) is 36.9 Å². The zero-order valence-corrected chi connectivity index (χ0v) is 18.4. The molecule has 2 N–H and O–H groups in total. The highest BCUT2D eigenvalue weighted by molar-refractivity contribution is 6.42. The van der Waals surface area contributed by atoms with Gasteiger partial charge in [0.25, 0.3) is 5.56 Å². The summed E-state index contributed by atoms with van der Waals surface area (Å²) in [7, 11) is 3.25. The lowest BCUT2D eigenvalue weighted by Gasteiger charge is -2.13. The second-order valence-corrected chi connectivity index (χ2v) is 8.65. The van der Waals surface area contributed by atoms with Crippen LogP contribution in [-0.2, 0) is 25.4 Å². The predicted molar refractivity (Wildman–Crippen MR) is 118 cm³/mol. The molecule has 0 aliphatic heterocycles. The Morgan fingerprint density at radius 3 is 2.58 bits per heavy atom. The van der Waals surface area contributed by atoms with Crippen LogP contribution in [0.2, 0.25) is 10.0 Å². The van der Waals surface area contributed by atoms with E-state index in [9.17, 15) is 19.5 Å². The number of fused-ring (bicyclic) bond motifs is 1. The quantitative estimate of drug-likeness (QED) is 0.598. The lowest BCUT2D eigenvalue weighted by Crippen LogP contribution is -2.39. The molecule has 0 radical (unpaired) electrons. The Morgan fingerprint density at radius 2 is 1.94 bits per heavy atom. The topological polar surface area (TPSA) is 111 Å². The molecule has 1 fully saturated rings. The van der Waals surface area contributed by atoms with Gasteiger partial charge in [0.1, 0.15) is 0 Å². The van der Waals surface area contributed by atoms with Crippen LogP contribution in [0.5, 0.6) is 0 Å². The minimum atomic E-state index is -0.804. The van der Waals surface area contributed by atoms with Gasteiger partial charge in [0.05, 0.1) is 22.5 Å². The van der Waals surface area contributed by atoms with Crippen LogP contribution < -0.4 is 16.6 Å². The second-order valence-electron chi connectivity index (χ2n) is 7.84. The van der Waals surface area contributed by atoms with Gasteiger partial charge in [-0.3, -0.25) is 18.7 Å². The first-order valence-electron chi connectivity index (χ1n) is 9.77. The Balaban J connectivity index is 1.73. The van der Waals surface area contributed by atoms with E-state index in [1.807, 2.05) is 0 Å². The highest BCUT2D eigenvalue weighted by atomic mass is 35.5. The van der Waals surface area contributed by atoms with Crippen molar-refractivity contribution < 1.29 is 9.90 Å². The van der Waals surface area contributed by atoms with Crippen LogP contribution in [0.15, 0.2) is 27.8 Å². The monoisotopic (exact) mass is 465 g/mol. The Hall–Kier alpha value is -2.78. The van der Waals surface area contributed by atoms with Gasteiger partial charge < -0.3 is 15.0 Å². The Bertz CT molecular complexity index is 1310. The van der Waals surface area contributed by atoms with Crippen LogP contribution in [-0.4, -0.2) is 35.8 Å². The third-order valence-electron chi connectivity index (χ3n) is 5.80. The zero-order valence-electron chi connectivity index (χ0n) is 16.9. The molecule has 1 saturated carbocycles. The van der Waals surface area contributed by atoms with Crippen molar-refractivity contribution in [3.8, 4) is 0 Å². The lowest BCUT2D eigenvalue weighted by molar-refractivity contribution is -0.141. The fraction of sp³-hybridized carbons (Fsp3) is 0.400. The first-order valence-corrected chi connectivity index (χ1v) is 10.5. The van der Waals surface area contributed by atoms with Gasteiger partial charge in [0, 0.05) is 20.1 Å². The summed E-state index contributed by atoms with van der Waals surface area (Å²) in [5, 5.41) is 13.2. The van der Waals surface area contributed by atoms with Crippen molar-refractivity contribution in [2.24, 2.45) is 20.0 Å². The molecule has 9 nitrogen and oxygen atoms in total. The number of carbonyl (C=O) groups is 1. The molecule has 0 unspecified atom stereocenters. The largest absolute Gasteiger partial charge is 0.481 e. The number of rotatable bonds is 5. The summed E-state index contributed by atoms with van der Waals surface area (Å²) in [5.41, 5.74) is 0.233. The molecule has 1 aliphatic carbocycles. The van der Waals surface area contributed by atoms with E-state index < -0.39 is 17.2 Å². The van der Waals surface area contributed by atoms with Crippen molar-refractivity contribution >= 4 is 46.3 Å². The summed E-state index contributed by atoms with van der Waals surface area (Å²) in [4.78, 5) is 41.7. The molecule has 0 bridgehead atoms. The number of nitrogens with zero attached hydrogens (tertiary/aromatic N) is 4. The number of imidazole rings is 1. The van der Waals surface area contributed by atoms with Crippen LogP contribution in [0, 0.1) is 5.92 Å². The van der Waals surface area contributed by atoms with Gasteiger partial charge in [0.15, 0.2) is 11.2 Å². The van der Waals surface area contributed by atoms with E-state index in [2.05, 4.69) is 10.3 Å². The molecule has 4 rings (SSSR count). The number of halogens is 2. The van der Waals surface area contributed by atoms with Gasteiger partial charge in [-0.1, -0.05) is 29.3 Å². The zero-order chi connectivity index (χ0) is 22.4. The number of aromatic nitrogens is 4. The maximum absolute atomic E-state index is 13.2. The number of hydrogen-bond acceptors (Lipinski definition) is 5. The number of carboxylic acids is 1. The van der Waals surface area contributed by atoms with Crippen molar-refractivity contribution in [3.63, 3.8) is 0 Å². The smallest absolute Gasteiger partial charge is 0.332 e. The maximum atomic E-state index is 13.2. The average Bonchev–Trinajstić information content (AvgIpc) is 3.32. The number of anilines is 1. The summed E-state index contributed by atoms with van der Waals surface area (Å²) in [5.74, 6) is -0.771. The predicted octanol–water partition coefficient (Wildman–Crippen LogP) is 2.45. The molecule has 1 aromatic carbocycles. The molecule has 1 aliphatic rings. The molecule has 2 aromatic heterocycles. The molecule has 0 saturated heterocycles. The molecule has 3 aromatic rings. The SMILES string of the molecule is Cn1c(N[C@H]2CC[C@H](C(=O)O)C2)nc2c1c(=O)n(Cc1ccc(Cl)c(Cl)c1)c(=O)n2C. The van der Waals surface area contributed by atoms with E-state index in [4.69, 9.17) is 23.2 Å². The van der Waals surface area contributed by atoms with Gasteiger partial charge in [0.2, 0.25) is 5.95 Å². The highest BCUT2D eigenvalue weighted by Gasteiger charge is 2.30. The van der Waals surface area contributed by atoms with Crippen molar-refractivity contribution in [2.75, 3.05) is 5.32 Å². The molecule has 164 valence electrons. The fourth-order valence-corrected chi connectivity index (χ4v) is 4.37. The number of aryl methyl sites for hydroxylation is 2. The van der Waals surface area contributed by atoms with Gasteiger partial charge in [-0.15, -0.1) is 0 Å². The lowest BCUT2D eigenvalue weighted by atomic mass is 10.1. The van der Waals surface area contributed by atoms with Crippen molar-refractivity contribution in [1.29, 1.82) is 0 Å². The summed E-state index contributed by atoms with van der Waals surface area (Å²) in [6.45, 7) is 0.0369. The fourth-order valence-electron chi connectivity index (χ4n) is 4.05. The van der Waals surface area contributed by atoms with Gasteiger partial charge in [-0.25, -0.2) is 4.79 Å². The molecule has 0 amide bonds. The third-order valence-corrected chi connectivity index (χ3v) is 6.54. The summed E-state index contributed by atoms with van der Waals surface area (Å²) < 4.78 is 4.06. The van der Waals surface area contributed by atoms with Crippen LogP contribution in [0.3, 0.4) is 0 Å². The van der Waals surface area contributed by atoms with Gasteiger partial charge >= 0.3 is 11.7 Å². The molecule has 2 heterocycles. The Labute approximate surface area is 186 Å². The van der Waals surface area contributed by atoms with E-state index in [0.29, 0.717) is 40.8 Å². The van der Waals surface area contributed by atoms with E-state index in [-0.39, 0.29) is 29.7 Å². The molecule has 0 spiro atoms. The molecular formula is C20H21Cl2N5O4. The molecular weight excluding hydrogens is 445 g/mol. The first kappa shape index (κ1) is 21.5. The third kappa shape index (κ3) is 3.83. The minimum absolute atomic E-state index is 0.0369. The highest BCUT2D eigenvalue weighted by Crippen LogP contribution is 2.28. The summed E-state index contributed by atoms with van der Waals surface area (Å²) in [6, 6.07) is 4.88. The summed E-state index contributed by atoms with van der Waals surface area (Å²) in [6.07, 6.45) is 1.77. The van der Waals surface area contributed by atoms with Crippen molar-refractivity contribution in [3.05, 3.63) is 54.6 Å². The van der Waals surface area contributed by atoms with Crippen molar-refractivity contribution in [2.45, 2.75) is 31.8 Å². The number of benzene rings is 1. The van der Waals surface area contributed by atoms with Gasteiger partial charge in [-0.05, 0) is 37.0 Å². The average molecular weight is 466 g/mol. The summed E-state index contributed by atoms with van der Waals surface area (Å²) >= 11 is 12.0. The maximum Gasteiger partial charge on any atom is 0.332 e. The van der Waals surface area contributed by atoms with Crippen LogP contribution in [0.25, 0.3) is 11.2 Å². The minimum Gasteiger partial charge on any atom is -0.481 e. The molecule has 2 atom stereocenters. The molecule has 31 heavy (non-hydrogen) atoms. The number of aliphatic carboxylic acids is 1. The molecule has 11 heteroatoms. The van der Waals surface area contributed by atoms with E-state index in [0.717, 1.165) is 4.57 Å². The number of hydrogen-bond donors (Lipinski definition) is 2. The second kappa shape index (κ2) is 8.05. The van der Waals surface area contributed by atoms with Crippen LogP contribution >= 0.6 is 23.2 Å².